The van der Waals surface area contributed by atoms with E-state index in [9.17, 15) is 15.2 Å². The molecule has 0 aliphatic carbocycles. The van der Waals surface area contributed by atoms with Gasteiger partial charge in [-0.05, 0) is 42.0 Å². The molecule has 34 heavy (non-hydrogen) atoms. The summed E-state index contributed by atoms with van der Waals surface area (Å²) in [4.78, 5) is 18.9. The number of nitriles is 1. The smallest absolute Gasteiger partial charge is 0.335 e. The Morgan fingerprint density at radius 2 is 1.94 bits per heavy atom. The third-order valence-corrected chi connectivity index (χ3v) is 5.15. The van der Waals surface area contributed by atoms with Crippen molar-refractivity contribution in [3.8, 4) is 23.3 Å². The first kappa shape index (κ1) is 22.4. The Bertz CT molecular complexity index is 1430. The standard InChI is InChI=1S/C26H21N3O5/c1-32-20-9-10-21-22(13-20)29-25(28-21)19(14-27)12-17-6-4-8-23(33-2)24(17)34-15-16-5-3-7-18(11-16)26(30)31/h3-13H,15H2,1-2H3,(H,28,29)(H,30,31)/b19-12-. The van der Waals surface area contributed by atoms with Crippen LogP contribution in [0.15, 0.2) is 60.7 Å². The first-order valence-corrected chi connectivity index (χ1v) is 10.3. The highest BCUT2D eigenvalue weighted by Gasteiger charge is 2.14. The van der Waals surface area contributed by atoms with Crippen LogP contribution in [-0.2, 0) is 6.61 Å². The quantitative estimate of drug-likeness (QED) is 0.362. The molecule has 0 saturated carbocycles. The Hall–Kier alpha value is -4.77. The Kier molecular flexibility index (Phi) is 6.46. The number of rotatable bonds is 8. The third kappa shape index (κ3) is 4.69. The molecule has 0 bridgehead atoms. The summed E-state index contributed by atoms with van der Waals surface area (Å²) in [6.45, 7) is 0.120. The van der Waals surface area contributed by atoms with E-state index in [1.165, 1.54) is 13.2 Å². The molecule has 0 aliphatic rings. The second kappa shape index (κ2) is 9.79. The lowest BCUT2D eigenvalue weighted by Crippen LogP contribution is -2.02. The number of allylic oxidation sites excluding steroid dienone is 1. The van der Waals surface area contributed by atoms with E-state index < -0.39 is 5.97 Å². The number of fused-ring (bicyclic) bond motifs is 1. The van der Waals surface area contributed by atoms with Crippen LogP contribution in [-0.4, -0.2) is 35.3 Å². The van der Waals surface area contributed by atoms with Crippen LogP contribution < -0.4 is 14.2 Å². The number of ether oxygens (including phenoxy) is 3. The zero-order valence-electron chi connectivity index (χ0n) is 18.5. The summed E-state index contributed by atoms with van der Waals surface area (Å²) < 4.78 is 16.7. The molecule has 8 nitrogen and oxygen atoms in total. The van der Waals surface area contributed by atoms with Gasteiger partial charge in [0.25, 0.3) is 0 Å². The molecule has 4 rings (SSSR count). The number of para-hydroxylation sites is 1. The topological polar surface area (TPSA) is 117 Å². The van der Waals surface area contributed by atoms with Gasteiger partial charge in [-0.15, -0.1) is 0 Å². The second-order valence-corrected chi connectivity index (χ2v) is 7.31. The maximum Gasteiger partial charge on any atom is 0.335 e. The normalized spacial score (nSPS) is 11.1. The van der Waals surface area contributed by atoms with Crippen molar-refractivity contribution >= 4 is 28.7 Å². The van der Waals surface area contributed by atoms with Gasteiger partial charge in [-0.2, -0.15) is 5.26 Å². The van der Waals surface area contributed by atoms with Gasteiger partial charge in [-0.25, -0.2) is 9.78 Å². The number of imidazole rings is 1. The van der Waals surface area contributed by atoms with Crippen molar-refractivity contribution in [2.45, 2.75) is 6.61 Å². The van der Waals surface area contributed by atoms with E-state index in [1.54, 1.807) is 55.7 Å². The number of methoxy groups -OCH3 is 2. The molecular weight excluding hydrogens is 434 g/mol. The van der Waals surface area contributed by atoms with Crippen LogP contribution >= 0.6 is 0 Å². The average Bonchev–Trinajstić information content (AvgIpc) is 3.29. The zero-order valence-corrected chi connectivity index (χ0v) is 18.5. The minimum absolute atomic E-state index is 0.120. The van der Waals surface area contributed by atoms with Crippen molar-refractivity contribution in [3.05, 3.63) is 83.2 Å². The Labute approximate surface area is 195 Å². The molecule has 0 amide bonds. The van der Waals surface area contributed by atoms with Gasteiger partial charge in [0.1, 0.15) is 24.3 Å². The maximum absolute atomic E-state index is 11.3. The first-order valence-electron chi connectivity index (χ1n) is 10.3. The SMILES string of the molecule is COc1ccc2nc(/C(C#N)=C\c3cccc(OC)c3OCc3cccc(C(=O)O)c3)[nH]c2c1. The van der Waals surface area contributed by atoms with E-state index in [0.717, 1.165) is 5.52 Å². The number of carbonyl (C=O) groups is 1. The minimum Gasteiger partial charge on any atom is -0.497 e. The minimum atomic E-state index is -1.01. The van der Waals surface area contributed by atoms with Gasteiger partial charge >= 0.3 is 5.97 Å². The number of aromatic amines is 1. The number of benzene rings is 3. The summed E-state index contributed by atoms with van der Waals surface area (Å²) in [5, 5.41) is 19.1. The molecule has 0 spiro atoms. The lowest BCUT2D eigenvalue weighted by molar-refractivity contribution is 0.0696. The Morgan fingerprint density at radius 1 is 1.12 bits per heavy atom. The van der Waals surface area contributed by atoms with Crippen LogP contribution in [0.5, 0.6) is 17.2 Å². The number of nitrogens with zero attached hydrogens (tertiary/aromatic N) is 2. The predicted octanol–water partition coefficient (Wildman–Crippen LogP) is 4.92. The van der Waals surface area contributed by atoms with Crippen LogP contribution in [0.2, 0.25) is 0 Å². The maximum atomic E-state index is 11.3. The molecular formula is C26H21N3O5. The van der Waals surface area contributed by atoms with Gasteiger partial charge in [0, 0.05) is 11.6 Å². The van der Waals surface area contributed by atoms with Crippen molar-refractivity contribution in [3.63, 3.8) is 0 Å². The third-order valence-electron chi connectivity index (χ3n) is 5.15. The number of hydrogen-bond donors (Lipinski definition) is 2. The van der Waals surface area contributed by atoms with Crippen molar-refractivity contribution < 1.29 is 24.1 Å². The number of carboxylic acid groups (broad SMARTS) is 1. The molecule has 3 aromatic carbocycles. The molecule has 0 atom stereocenters. The van der Waals surface area contributed by atoms with Crippen molar-refractivity contribution in [2.24, 2.45) is 0 Å². The van der Waals surface area contributed by atoms with Gasteiger partial charge in [0.15, 0.2) is 11.5 Å². The van der Waals surface area contributed by atoms with E-state index in [4.69, 9.17) is 14.2 Å². The summed E-state index contributed by atoms with van der Waals surface area (Å²) in [6.07, 6.45) is 1.67. The van der Waals surface area contributed by atoms with Crippen LogP contribution in [0.3, 0.4) is 0 Å². The monoisotopic (exact) mass is 455 g/mol. The number of carboxylic acids is 1. The van der Waals surface area contributed by atoms with Crippen molar-refractivity contribution in [1.29, 1.82) is 5.26 Å². The van der Waals surface area contributed by atoms with E-state index in [-0.39, 0.29) is 12.2 Å². The first-order chi connectivity index (χ1) is 16.5. The van der Waals surface area contributed by atoms with Crippen LogP contribution in [0.25, 0.3) is 22.7 Å². The largest absolute Gasteiger partial charge is 0.497 e. The Balaban J connectivity index is 1.69. The van der Waals surface area contributed by atoms with E-state index in [1.807, 2.05) is 12.1 Å². The molecule has 170 valence electrons. The number of H-pyrrole nitrogens is 1. The Morgan fingerprint density at radius 3 is 2.68 bits per heavy atom. The number of hydrogen-bond acceptors (Lipinski definition) is 6. The number of aromatic carboxylic acids is 1. The summed E-state index contributed by atoms with van der Waals surface area (Å²) in [5.41, 5.74) is 3.24. The molecule has 1 heterocycles. The fourth-order valence-electron chi connectivity index (χ4n) is 3.46. The average molecular weight is 455 g/mol. The highest BCUT2D eigenvalue weighted by atomic mass is 16.5. The molecule has 0 saturated heterocycles. The van der Waals surface area contributed by atoms with E-state index >= 15 is 0 Å². The second-order valence-electron chi connectivity index (χ2n) is 7.31. The number of aromatic nitrogens is 2. The van der Waals surface area contributed by atoms with Crippen LogP contribution in [0, 0.1) is 11.3 Å². The lowest BCUT2D eigenvalue weighted by Gasteiger charge is -2.14. The molecule has 0 radical (unpaired) electrons. The highest BCUT2D eigenvalue weighted by molar-refractivity contribution is 5.92. The van der Waals surface area contributed by atoms with E-state index in [2.05, 4.69) is 16.0 Å². The van der Waals surface area contributed by atoms with Gasteiger partial charge in [0.05, 0.1) is 36.4 Å². The molecule has 2 N–H and O–H groups in total. The molecule has 0 fully saturated rings. The van der Waals surface area contributed by atoms with Gasteiger partial charge in [-0.3, -0.25) is 0 Å². The predicted molar refractivity (Wildman–Crippen MR) is 127 cm³/mol. The van der Waals surface area contributed by atoms with Crippen LogP contribution in [0.1, 0.15) is 27.3 Å². The van der Waals surface area contributed by atoms with Crippen LogP contribution in [0.4, 0.5) is 0 Å². The fourth-order valence-corrected chi connectivity index (χ4v) is 3.46. The molecule has 0 unspecified atom stereocenters. The van der Waals surface area contributed by atoms with E-state index in [0.29, 0.717) is 45.3 Å². The van der Waals surface area contributed by atoms with Gasteiger partial charge < -0.3 is 24.3 Å². The highest BCUT2D eigenvalue weighted by Crippen LogP contribution is 2.34. The summed E-state index contributed by atoms with van der Waals surface area (Å²) >= 11 is 0. The lowest BCUT2D eigenvalue weighted by atomic mass is 10.1. The van der Waals surface area contributed by atoms with Gasteiger partial charge in [-0.1, -0.05) is 24.3 Å². The molecule has 0 aliphatic heterocycles. The van der Waals surface area contributed by atoms with Crippen molar-refractivity contribution in [1.82, 2.24) is 9.97 Å². The van der Waals surface area contributed by atoms with Gasteiger partial charge in [0.2, 0.25) is 0 Å². The summed E-state index contributed by atoms with van der Waals surface area (Å²) in [7, 11) is 3.11. The number of nitrogens with one attached hydrogen (secondary N) is 1. The zero-order chi connectivity index (χ0) is 24.1. The fraction of sp³-hybridized carbons (Fsp3) is 0.115. The van der Waals surface area contributed by atoms with Crippen molar-refractivity contribution in [2.75, 3.05) is 14.2 Å². The molecule has 1 aromatic heterocycles. The molecule has 4 aromatic rings. The summed E-state index contributed by atoms with van der Waals surface area (Å²) in [5.74, 6) is 0.991. The summed E-state index contributed by atoms with van der Waals surface area (Å²) in [6, 6.07) is 19.5. The molecule has 8 heteroatoms.